The second-order valence-corrected chi connectivity index (χ2v) is 9.69. The Hall–Kier alpha value is -4.59. The molecule has 2 aromatic rings. The minimum absolute atomic E-state index is 0.0431. The van der Waals surface area contributed by atoms with Crippen LogP contribution in [0.2, 0.25) is 0 Å². The van der Waals surface area contributed by atoms with Crippen molar-refractivity contribution in [1.82, 2.24) is 5.32 Å². The number of nitrogens with two attached hydrogens (primary N) is 1. The van der Waals surface area contributed by atoms with Gasteiger partial charge in [0.2, 0.25) is 5.91 Å². The molecule has 0 spiro atoms. The predicted molar refractivity (Wildman–Crippen MR) is 163 cm³/mol. The molecule has 208 valence electrons. The van der Waals surface area contributed by atoms with Gasteiger partial charge in [0, 0.05) is 44.0 Å². The number of hydrogen-bond acceptors (Lipinski definition) is 5. The molecule has 0 bridgehead atoms. The topological polar surface area (TPSA) is 109 Å². The number of amides is 3. The average molecular weight is 532 g/mol. The molecule has 0 radical (unpaired) electrons. The molecular weight excluding hydrogens is 490 g/mol. The van der Waals surface area contributed by atoms with E-state index in [0.717, 1.165) is 16.8 Å². The zero-order valence-electron chi connectivity index (χ0n) is 23.8. The molecule has 4 N–H and O–H groups in total. The standard InChI is InChI=1S/C21H27N3O2.C10H14N2O/c1-7-18(15-22-8-2)26-19-11-9-10-17(14-19)24-20(25)23-13-12-16(3)21(4,5)6;1-12(2)9-5-3-4-8(6-9)7-10(11)13/h7-15H,1,3H2,2,4-6H3,(H2,23,24,25);3-6H,7H2,1-2H3,(H2,11,13)/b13-12+,18-15+,22-8?;. The molecule has 0 aromatic heterocycles. The first kappa shape index (κ1) is 32.4. The second kappa shape index (κ2) is 16.3. The van der Waals surface area contributed by atoms with Crippen LogP contribution in [0.5, 0.6) is 5.75 Å². The van der Waals surface area contributed by atoms with Crippen molar-refractivity contribution in [2.24, 2.45) is 16.1 Å². The van der Waals surface area contributed by atoms with E-state index in [-0.39, 0.29) is 17.4 Å². The Bertz CT molecular complexity index is 1220. The van der Waals surface area contributed by atoms with Gasteiger partial charge in [-0.3, -0.25) is 9.79 Å². The molecule has 8 nitrogen and oxygen atoms in total. The van der Waals surface area contributed by atoms with Crippen molar-refractivity contribution in [2.45, 2.75) is 34.1 Å². The Morgan fingerprint density at radius 1 is 1.13 bits per heavy atom. The van der Waals surface area contributed by atoms with Crippen LogP contribution in [0.1, 0.15) is 33.3 Å². The van der Waals surface area contributed by atoms with Gasteiger partial charge in [0.1, 0.15) is 11.5 Å². The lowest BCUT2D eigenvalue weighted by atomic mass is 9.88. The van der Waals surface area contributed by atoms with Gasteiger partial charge in [0.05, 0.1) is 12.6 Å². The summed E-state index contributed by atoms with van der Waals surface area (Å²) in [4.78, 5) is 28.6. The molecule has 0 saturated heterocycles. The summed E-state index contributed by atoms with van der Waals surface area (Å²) in [6.45, 7) is 15.6. The third kappa shape index (κ3) is 13.5. The van der Waals surface area contributed by atoms with Gasteiger partial charge in [-0.2, -0.15) is 0 Å². The first-order valence-corrected chi connectivity index (χ1v) is 12.4. The van der Waals surface area contributed by atoms with Crippen molar-refractivity contribution in [2.75, 3.05) is 24.3 Å². The van der Waals surface area contributed by atoms with E-state index in [1.165, 1.54) is 0 Å². The summed E-state index contributed by atoms with van der Waals surface area (Å²) in [6.07, 6.45) is 8.44. The predicted octanol–water partition coefficient (Wildman–Crippen LogP) is 6.20. The average Bonchev–Trinajstić information content (AvgIpc) is 2.86. The fourth-order valence-electron chi connectivity index (χ4n) is 2.82. The van der Waals surface area contributed by atoms with Gasteiger partial charge in [-0.1, -0.05) is 52.1 Å². The third-order valence-corrected chi connectivity index (χ3v) is 5.15. The Morgan fingerprint density at radius 3 is 2.41 bits per heavy atom. The van der Waals surface area contributed by atoms with Gasteiger partial charge < -0.3 is 26.0 Å². The number of benzene rings is 2. The Kier molecular flexibility index (Phi) is 13.6. The van der Waals surface area contributed by atoms with Gasteiger partial charge >= 0.3 is 6.03 Å². The van der Waals surface area contributed by atoms with Gasteiger partial charge in [0.25, 0.3) is 0 Å². The summed E-state index contributed by atoms with van der Waals surface area (Å²) in [5.74, 6) is 0.779. The van der Waals surface area contributed by atoms with E-state index in [1.54, 1.807) is 55.0 Å². The molecule has 0 heterocycles. The van der Waals surface area contributed by atoms with Gasteiger partial charge in [0.15, 0.2) is 0 Å². The molecule has 0 atom stereocenters. The number of hydrogen-bond donors (Lipinski definition) is 3. The summed E-state index contributed by atoms with van der Waals surface area (Å²) in [7, 11) is 3.92. The van der Waals surface area contributed by atoms with Crippen molar-refractivity contribution in [3.05, 3.63) is 103 Å². The lowest BCUT2D eigenvalue weighted by Gasteiger charge is -2.18. The normalized spacial score (nSPS) is 11.4. The maximum Gasteiger partial charge on any atom is 0.323 e. The highest BCUT2D eigenvalue weighted by Gasteiger charge is 2.11. The smallest absolute Gasteiger partial charge is 0.323 e. The molecule has 0 aliphatic rings. The SMILES string of the molecule is C=C/C(=C\N=CC)Oc1cccc(NC(=O)N/C=C/C(=C)C(C)(C)C)c1.CN(C)c1cccc(CC(N)=O)c1. The Labute approximate surface area is 232 Å². The fourth-order valence-corrected chi connectivity index (χ4v) is 2.82. The van der Waals surface area contributed by atoms with E-state index in [4.69, 9.17) is 10.5 Å². The van der Waals surface area contributed by atoms with Crippen LogP contribution >= 0.6 is 0 Å². The monoisotopic (exact) mass is 531 g/mol. The zero-order valence-corrected chi connectivity index (χ0v) is 23.8. The van der Waals surface area contributed by atoms with Gasteiger partial charge in [-0.15, -0.1) is 0 Å². The van der Waals surface area contributed by atoms with Gasteiger partial charge in [-0.05, 0) is 59.9 Å². The summed E-state index contributed by atoms with van der Waals surface area (Å²) in [5, 5.41) is 5.40. The quantitative estimate of drug-likeness (QED) is 0.193. The molecule has 8 heteroatoms. The molecule has 3 amide bonds. The number of ether oxygens (including phenoxy) is 1. The van der Waals surface area contributed by atoms with Crippen molar-refractivity contribution >= 4 is 29.5 Å². The maximum absolute atomic E-state index is 12.0. The first-order valence-electron chi connectivity index (χ1n) is 12.4. The molecule has 0 aliphatic heterocycles. The highest BCUT2D eigenvalue weighted by molar-refractivity contribution is 5.90. The Balaban J connectivity index is 0.000000487. The number of allylic oxidation sites excluding steroid dienone is 3. The fraction of sp³-hybridized carbons (Fsp3) is 0.258. The molecular formula is C31H41N5O3. The zero-order chi connectivity index (χ0) is 29.4. The summed E-state index contributed by atoms with van der Waals surface area (Å²) < 4.78 is 5.67. The number of primary amides is 1. The molecule has 0 saturated carbocycles. The van der Waals surface area contributed by atoms with Crippen molar-refractivity contribution in [3.63, 3.8) is 0 Å². The molecule has 2 aromatic carbocycles. The number of rotatable bonds is 10. The van der Waals surface area contributed by atoms with Crippen LogP contribution in [0, 0.1) is 5.41 Å². The molecule has 0 unspecified atom stereocenters. The van der Waals surface area contributed by atoms with E-state index in [9.17, 15) is 9.59 Å². The van der Waals surface area contributed by atoms with Crippen molar-refractivity contribution in [1.29, 1.82) is 0 Å². The number of urea groups is 1. The molecule has 2 rings (SSSR count). The maximum atomic E-state index is 12.0. The van der Waals surface area contributed by atoms with Crippen LogP contribution in [-0.2, 0) is 11.2 Å². The van der Waals surface area contributed by atoms with Crippen LogP contribution in [0.25, 0.3) is 0 Å². The summed E-state index contributed by atoms with van der Waals surface area (Å²) in [6, 6.07) is 14.5. The van der Waals surface area contributed by atoms with Crippen LogP contribution in [0.15, 0.2) is 103 Å². The van der Waals surface area contributed by atoms with Crippen molar-refractivity contribution < 1.29 is 14.3 Å². The summed E-state index contributed by atoms with van der Waals surface area (Å²) >= 11 is 0. The van der Waals surface area contributed by atoms with Gasteiger partial charge in [-0.25, -0.2) is 4.79 Å². The minimum Gasteiger partial charge on any atom is -0.456 e. The first-order chi connectivity index (χ1) is 18.3. The highest BCUT2D eigenvalue weighted by atomic mass is 16.5. The van der Waals surface area contributed by atoms with Crippen LogP contribution in [-0.4, -0.2) is 32.2 Å². The van der Waals surface area contributed by atoms with Crippen molar-refractivity contribution in [3.8, 4) is 5.75 Å². The lowest BCUT2D eigenvalue weighted by molar-refractivity contribution is -0.117. The third-order valence-electron chi connectivity index (χ3n) is 5.15. The number of carbonyl (C=O) groups excluding carboxylic acids is 2. The minimum atomic E-state index is -0.352. The Morgan fingerprint density at radius 2 is 1.82 bits per heavy atom. The number of anilines is 2. The van der Waals surface area contributed by atoms with E-state index >= 15 is 0 Å². The number of nitrogens with zero attached hydrogens (tertiary/aromatic N) is 2. The molecule has 0 aliphatic carbocycles. The highest BCUT2D eigenvalue weighted by Crippen LogP contribution is 2.24. The van der Waals surface area contributed by atoms with E-state index in [0.29, 0.717) is 23.6 Å². The van der Waals surface area contributed by atoms with Crippen LogP contribution in [0.3, 0.4) is 0 Å². The van der Waals surface area contributed by atoms with E-state index in [2.05, 4.69) is 49.6 Å². The van der Waals surface area contributed by atoms with Crippen LogP contribution in [0.4, 0.5) is 16.2 Å². The van der Waals surface area contributed by atoms with E-state index < -0.39 is 0 Å². The molecule has 39 heavy (non-hydrogen) atoms. The summed E-state index contributed by atoms with van der Waals surface area (Å²) in [5.41, 5.74) is 8.62. The second-order valence-electron chi connectivity index (χ2n) is 9.69. The number of carbonyl (C=O) groups is 2. The number of aliphatic imine (C=N–C) groups is 1. The molecule has 0 fully saturated rings. The van der Waals surface area contributed by atoms with E-state index in [1.807, 2.05) is 50.2 Å². The van der Waals surface area contributed by atoms with Crippen LogP contribution < -0.4 is 26.0 Å². The number of nitrogens with one attached hydrogen (secondary N) is 2. The largest absolute Gasteiger partial charge is 0.456 e. The lowest BCUT2D eigenvalue weighted by Crippen LogP contribution is -2.24.